The smallest absolute Gasteiger partial charge is 0.293 e. The van der Waals surface area contributed by atoms with Crippen LogP contribution in [0.5, 0.6) is 5.75 Å². The number of rotatable bonds is 5. The molecule has 2 rings (SSSR count). The highest BCUT2D eigenvalue weighted by Gasteiger charge is 2.16. The predicted octanol–water partition coefficient (Wildman–Crippen LogP) is 3.88. The third-order valence-corrected chi connectivity index (χ3v) is 3.38. The second-order valence-corrected chi connectivity index (χ2v) is 5.46. The van der Waals surface area contributed by atoms with Crippen molar-refractivity contribution < 1.29 is 14.5 Å². The molecule has 0 heterocycles. The van der Waals surface area contributed by atoms with E-state index < -0.39 is 10.8 Å². The number of nitro benzene ring substituents is 1. The fourth-order valence-electron chi connectivity index (χ4n) is 1.95. The molecule has 0 radical (unpaired) electrons. The van der Waals surface area contributed by atoms with Crippen LogP contribution < -0.4 is 10.1 Å². The minimum Gasteiger partial charge on any atom is -0.482 e. The van der Waals surface area contributed by atoms with Crippen LogP contribution in [0, 0.1) is 24.0 Å². The maximum absolute atomic E-state index is 11.9. The molecule has 120 valence electrons. The number of carbonyl (C=O) groups excluding carboxylic acids is 1. The van der Waals surface area contributed by atoms with Crippen LogP contribution in [0.25, 0.3) is 0 Å². The van der Waals surface area contributed by atoms with E-state index in [0.717, 1.165) is 11.1 Å². The van der Waals surface area contributed by atoms with Gasteiger partial charge in [-0.15, -0.1) is 0 Å². The van der Waals surface area contributed by atoms with Crippen molar-refractivity contribution in [2.24, 2.45) is 0 Å². The lowest BCUT2D eigenvalue weighted by molar-refractivity contribution is -0.384. The fourth-order valence-corrected chi connectivity index (χ4v) is 2.12. The first-order chi connectivity index (χ1) is 10.9. The molecule has 0 saturated heterocycles. The first-order valence-electron chi connectivity index (χ1n) is 6.80. The molecular formula is C16H15ClN2O4. The molecule has 0 fully saturated rings. The highest BCUT2D eigenvalue weighted by Crippen LogP contribution is 2.26. The predicted molar refractivity (Wildman–Crippen MR) is 88.1 cm³/mol. The molecule has 0 aliphatic carbocycles. The molecule has 23 heavy (non-hydrogen) atoms. The summed E-state index contributed by atoms with van der Waals surface area (Å²) in [6.45, 7) is 3.31. The van der Waals surface area contributed by atoms with Gasteiger partial charge >= 0.3 is 0 Å². The molecule has 0 saturated carbocycles. The van der Waals surface area contributed by atoms with Crippen LogP contribution in [0.15, 0.2) is 36.4 Å². The molecule has 0 spiro atoms. The van der Waals surface area contributed by atoms with E-state index in [-0.39, 0.29) is 18.0 Å². The second-order valence-electron chi connectivity index (χ2n) is 5.05. The average Bonchev–Trinajstić information content (AvgIpc) is 2.49. The van der Waals surface area contributed by atoms with Gasteiger partial charge in [0.2, 0.25) is 0 Å². The lowest BCUT2D eigenvalue weighted by Gasteiger charge is -2.10. The minimum absolute atomic E-state index is 0.129. The maximum Gasteiger partial charge on any atom is 0.293 e. The van der Waals surface area contributed by atoms with E-state index in [2.05, 4.69) is 5.32 Å². The van der Waals surface area contributed by atoms with E-state index in [4.69, 9.17) is 16.3 Å². The Morgan fingerprint density at radius 3 is 2.57 bits per heavy atom. The number of nitrogens with one attached hydrogen (secondary N) is 1. The largest absolute Gasteiger partial charge is 0.482 e. The highest BCUT2D eigenvalue weighted by molar-refractivity contribution is 6.32. The quantitative estimate of drug-likeness (QED) is 0.664. The maximum atomic E-state index is 11.9. The zero-order valence-electron chi connectivity index (χ0n) is 12.6. The van der Waals surface area contributed by atoms with Crippen molar-refractivity contribution in [3.63, 3.8) is 0 Å². The van der Waals surface area contributed by atoms with E-state index in [0.29, 0.717) is 10.8 Å². The van der Waals surface area contributed by atoms with Gasteiger partial charge in [-0.2, -0.15) is 0 Å². The van der Waals surface area contributed by atoms with Crippen molar-refractivity contribution in [1.29, 1.82) is 0 Å². The van der Waals surface area contributed by atoms with Crippen LogP contribution >= 0.6 is 11.6 Å². The van der Waals surface area contributed by atoms with Crippen LogP contribution in [0.3, 0.4) is 0 Å². The molecule has 1 amide bonds. The van der Waals surface area contributed by atoms with Gasteiger partial charge in [0.15, 0.2) is 6.61 Å². The van der Waals surface area contributed by atoms with Gasteiger partial charge in [-0.25, -0.2) is 0 Å². The molecule has 7 heteroatoms. The summed E-state index contributed by atoms with van der Waals surface area (Å²) in [6, 6.07) is 9.78. The average molecular weight is 335 g/mol. The van der Waals surface area contributed by atoms with Gasteiger partial charge in [0.25, 0.3) is 11.6 Å². The van der Waals surface area contributed by atoms with Gasteiger partial charge in [0, 0.05) is 6.07 Å². The van der Waals surface area contributed by atoms with Gasteiger partial charge in [-0.05, 0) is 43.2 Å². The number of hydrogen-bond acceptors (Lipinski definition) is 4. The third-order valence-electron chi connectivity index (χ3n) is 3.07. The van der Waals surface area contributed by atoms with E-state index in [1.807, 2.05) is 13.0 Å². The monoisotopic (exact) mass is 334 g/mol. The second kappa shape index (κ2) is 7.11. The van der Waals surface area contributed by atoms with Crippen molar-refractivity contribution in [1.82, 2.24) is 0 Å². The van der Waals surface area contributed by atoms with Gasteiger partial charge in [0.1, 0.15) is 11.4 Å². The number of benzene rings is 2. The molecule has 1 N–H and O–H groups in total. The van der Waals surface area contributed by atoms with E-state index >= 15 is 0 Å². The Labute approximate surface area is 138 Å². The molecule has 0 atom stereocenters. The first kappa shape index (κ1) is 16.8. The van der Waals surface area contributed by atoms with Crippen molar-refractivity contribution in [2.75, 3.05) is 11.9 Å². The number of hydrogen-bond donors (Lipinski definition) is 1. The Hall–Kier alpha value is -2.60. The standard InChI is InChI=1S/C16H15ClN2O4/c1-10-4-6-13(14(7-10)19(21)22)18-16(20)9-23-15-8-11(2)3-5-12(15)17/h3-8H,9H2,1-2H3,(H,18,20). The van der Waals surface area contributed by atoms with Crippen molar-refractivity contribution in [3.05, 3.63) is 62.7 Å². The van der Waals surface area contributed by atoms with Gasteiger partial charge in [0.05, 0.1) is 9.95 Å². The number of carbonyl (C=O) groups is 1. The third kappa shape index (κ3) is 4.43. The summed E-state index contributed by atoms with van der Waals surface area (Å²) in [5.74, 6) is -0.116. The molecule has 0 unspecified atom stereocenters. The summed E-state index contributed by atoms with van der Waals surface area (Å²) < 4.78 is 5.36. The molecule has 2 aromatic rings. The molecule has 0 aliphatic heterocycles. The van der Waals surface area contributed by atoms with Crippen molar-refractivity contribution >= 4 is 28.9 Å². The van der Waals surface area contributed by atoms with Crippen molar-refractivity contribution in [3.8, 4) is 5.75 Å². The summed E-state index contributed by atoms with van der Waals surface area (Å²) in [7, 11) is 0. The fraction of sp³-hybridized carbons (Fsp3) is 0.188. The summed E-state index contributed by atoms with van der Waals surface area (Å²) in [5.41, 5.74) is 1.65. The number of nitro groups is 1. The van der Waals surface area contributed by atoms with Crippen molar-refractivity contribution in [2.45, 2.75) is 13.8 Å². The van der Waals surface area contributed by atoms with Gasteiger partial charge in [-0.1, -0.05) is 23.7 Å². The molecular weight excluding hydrogens is 320 g/mol. The number of aryl methyl sites for hydroxylation is 2. The number of amides is 1. The van der Waals surface area contributed by atoms with Gasteiger partial charge in [-0.3, -0.25) is 14.9 Å². The first-order valence-corrected chi connectivity index (χ1v) is 7.18. The van der Waals surface area contributed by atoms with Crippen LogP contribution in [0.1, 0.15) is 11.1 Å². The van der Waals surface area contributed by atoms with E-state index in [1.54, 1.807) is 25.1 Å². The Morgan fingerprint density at radius 2 is 1.87 bits per heavy atom. The van der Waals surface area contributed by atoms with Gasteiger partial charge < -0.3 is 10.1 Å². The SMILES string of the molecule is Cc1ccc(Cl)c(OCC(=O)Nc2ccc(C)cc2[N+](=O)[O-])c1. The zero-order valence-corrected chi connectivity index (χ0v) is 13.4. The Balaban J connectivity index is 2.06. The molecule has 0 bridgehead atoms. The zero-order chi connectivity index (χ0) is 17.0. The van der Waals surface area contributed by atoms with E-state index in [9.17, 15) is 14.9 Å². The lowest BCUT2D eigenvalue weighted by atomic mass is 10.2. The highest BCUT2D eigenvalue weighted by atomic mass is 35.5. The number of nitrogens with zero attached hydrogens (tertiary/aromatic N) is 1. The number of ether oxygens (including phenoxy) is 1. The van der Waals surface area contributed by atoms with Crippen LogP contribution in [-0.2, 0) is 4.79 Å². The Bertz CT molecular complexity index is 762. The van der Waals surface area contributed by atoms with Crippen LogP contribution in [0.4, 0.5) is 11.4 Å². The molecule has 6 nitrogen and oxygen atoms in total. The Kier molecular flexibility index (Phi) is 5.18. The Morgan fingerprint density at radius 1 is 1.22 bits per heavy atom. The summed E-state index contributed by atoms with van der Waals surface area (Å²) in [6.07, 6.45) is 0. The van der Waals surface area contributed by atoms with Crippen LogP contribution in [-0.4, -0.2) is 17.4 Å². The molecule has 0 aromatic heterocycles. The minimum atomic E-state index is -0.541. The summed E-state index contributed by atoms with van der Waals surface area (Å²) in [5, 5.41) is 13.9. The van der Waals surface area contributed by atoms with E-state index in [1.165, 1.54) is 12.1 Å². The molecule has 0 aliphatic rings. The number of anilines is 1. The normalized spacial score (nSPS) is 10.2. The summed E-state index contributed by atoms with van der Waals surface area (Å²) >= 11 is 5.98. The lowest BCUT2D eigenvalue weighted by Crippen LogP contribution is -2.20. The summed E-state index contributed by atoms with van der Waals surface area (Å²) in [4.78, 5) is 22.4. The molecule has 2 aromatic carbocycles. The topological polar surface area (TPSA) is 81.5 Å². The number of halogens is 1. The van der Waals surface area contributed by atoms with Crippen LogP contribution in [0.2, 0.25) is 5.02 Å².